The van der Waals surface area contributed by atoms with Gasteiger partial charge in [0.05, 0.1) is 11.4 Å². The Bertz CT molecular complexity index is 493. The van der Waals surface area contributed by atoms with Crippen molar-refractivity contribution in [2.45, 2.75) is 33.2 Å². The first kappa shape index (κ1) is 17.3. The van der Waals surface area contributed by atoms with Crippen molar-refractivity contribution >= 4 is 17.3 Å². The number of amides is 1. The Hall–Kier alpha value is -1.75. The van der Waals surface area contributed by atoms with Crippen LogP contribution >= 0.6 is 0 Å². The summed E-state index contributed by atoms with van der Waals surface area (Å²) >= 11 is 0. The van der Waals surface area contributed by atoms with Gasteiger partial charge in [-0.3, -0.25) is 4.79 Å². The van der Waals surface area contributed by atoms with Crippen molar-refractivity contribution in [1.82, 2.24) is 4.90 Å². The Labute approximate surface area is 127 Å². The molecule has 1 amide bonds. The number of nitrogens with two attached hydrogens (primary N) is 1. The number of nitrogens with zero attached hydrogens (tertiary/aromatic N) is 1. The minimum Gasteiger partial charge on any atom is -0.397 e. The summed E-state index contributed by atoms with van der Waals surface area (Å²) in [5.74, 6) is -0.0732. The fraction of sp³-hybridized carbons (Fsp3) is 0.562. The monoisotopic (exact) mass is 293 g/mol. The molecule has 1 aromatic carbocycles. The van der Waals surface area contributed by atoms with Crippen LogP contribution in [-0.4, -0.2) is 42.7 Å². The van der Waals surface area contributed by atoms with Crippen LogP contribution < -0.4 is 11.1 Å². The van der Waals surface area contributed by atoms with Gasteiger partial charge in [0.2, 0.25) is 0 Å². The van der Waals surface area contributed by atoms with Gasteiger partial charge in [0.15, 0.2) is 0 Å². The molecule has 0 fully saturated rings. The van der Waals surface area contributed by atoms with Crippen molar-refractivity contribution in [2.75, 3.05) is 31.8 Å². The molecule has 0 aromatic heterocycles. The van der Waals surface area contributed by atoms with Crippen LogP contribution in [0.3, 0.4) is 0 Å². The maximum absolute atomic E-state index is 11.9. The average Bonchev–Trinajstić information content (AvgIpc) is 2.38. The van der Waals surface area contributed by atoms with E-state index in [0.29, 0.717) is 17.7 Å². The number of carbonyl (C=O) groups excluding carboxylic acids is 1. The third-order valence-electron chi connectivity index (χ3n) is 3.50. The molecule has 5 heteroatoms. The lowest BCUT2D eigenvalue weighted by Crippen LogP contribution is -2.35. The molecule has 0 aliphatic heterocycles. The van der Waals surface area contributed by atoms with Crippen molar-refractivity contribution < 1.29 is 9.90 Å². The summed E-state index contributed by atoms with van der Waals surface area (Å²) in [4.78, 5) is 13.4. The fourth-order valence-corrected chi connectivity index (χ4v) is 2.12. The SMILES string of the molecule is CN(C)C(=O)c1ccc(NC(CCO)C(C)(C)C)c(N)c1. The molecule has 1 rings (SSSR count). The summed E-state index contributed by atoms with van der Waals surface area (Å²) in [6.45, 7) is 6.45. The summed E-state index contributed by atoms with van der Waals surface area (Å²) < 4.78 is 0. The maximum Gasteiger partial charge on any atom is 0.253 e. The van der Waals surface area contributed by atoms with E-state index in [2.05, 4.69) is 26.1 Å². The molecule has 0 heterocycles. The molecule has 0 spiro atoms. The minimum atomic E-state index is -0.0732. The maximum atomic E-state index is 11.9. The zero-order chi connectivity index (χ0) is 16.2. The van der Waals surface area contributed by atoms with Gasteiger partial charge in [-0.15, -0.1) is 0 Å². The molecular weight excluding hydrogens is 266 g/mol. The zero-order valence-electron chi connectivity index (χ0n) is 13.6. The van der Waals surface area contributed by atoms with E-state index in [4.69, 9.17) is 5.73 Å². The van der Waals surface area contributed by atoms with Gasteiger partial charge in [-0.1, -0.05) is 20.8 Å². The molecule has 0 saturated heterocycles. The van der Waals surface area contributed by atoms with Gasteiger partial charge < -0.3 is 21.1 Å². The van der Waals surface area contributed by atoms with Crippen LogP contribution in [0.5, 0.6) is 0 Å². The van der Waals surface area contributed by atoms with Gasteiger partial charge in [-0.25, -0.2) is 0 Å². The van der Waals surface area contributed by atoms with E-state index in [1.165, 1.54) is 4.90 Å². The summed E-state index contributed by atoms with van der Waals surface area (Å²) in [7, 11) is 3.42. The molecule has 4 N–H and O–H groups in total. The lowest BCUT2D eigenvalue weighted by molar-refractivity contribution is 0.0827. The Morgan fingerprint density at radius 3 is 2.43 bits per heavy atom. The highest BCUT2D eigenvalue weighted by Crippen LogP contribution is 2.28. The Kier molecular flexibility index (Phi) is 5.61. The van der Waals surface area contributed by atoms with Crippen molar-refractivity contribution in [3.8, 4) is 0 Å². The number of nitrogens with one attached hydrogen (secondary N) is 1. The van der Waals surface area contributed by atoms with Crippen LogP contribution in [0.2, 0.25) is 0 Å². The second-order valence-electron chi connectivity index (χ2n) is 6.58. The lowest BCUT2D eigenvalue weighted by atomic mass is 9.84. The predicted octanol–water partition coefficient (Wildman–Crippen LogP) is 2.18. The minimum absolute atomic E-state index is 0.00665. The molecule has 21 heavy (non-hydrogen) atoms. The lowest BCUT2D eigenvalue weighted by Gasteiger charge is -2.32. The molecule has 0 aliphatic rings. The van der Waals surface area contributed by atoms with E-state index in [1.54, 1.807) is 26.2 Å². The molecule has 118 valence electrons. The summed E-state index contributed by atoms with van der Waals surface area (Å²) in [6.07, 6.45) is 0.640. The number of hydrogen-bond acceptors (Lipinski definition) is 4. The fourth-order valence-electron chi connectivity index (χ4n) is 2.12. The van der Waals surface area contributed by atoms with E-state index in [1.807, 2.05) is 6.07 Å². The number of anilines is 2. The first-order valence-electron chi connectivity index (χ1n) is 7.15. The molecular formula is C16H27N3O2. The molecule has 0 aliphatic carbocycles. The molecule has 0 bridgehead atoms. The highest BCUT2D eigenvalue weighted by Gasteiger charge is 2.24. The zero-order valence-corrected chi connectivity index (χ0v) is 13.6. The third kappa shape index (κ3) is 4.63. The molecule has 0 radical (unpaired) electrons. The normalized spacial score (nSPS) is 12.9. The van der Waals surface area contributed by atoms with Crippen molar-refractivity contribution in [1.29, 1.82) is 0 Å². The molecule has 1 unspecified atom stereocenters. The largest absolute Gasteiger partial charge is 0.397 e. The first-order valence-corrected chi connectivity index (χ1v) is 7.15. The van der Waals surface area contributed by atoms with Gasteiger partial charge >= 0.3 is 0 Å². The number of rotatable bonds is 5. The van der Waals surface area contributed by atoms with E-state index in [-0.39, 0.29) is 24.0 Å². The van der Waals surface area contributed by atoms with E-state index in [9.17, 15) is 9.90 Å². The number of benzene rings is 1. The second-order valence-corrected chi connectivity index (χ2v) is 6.58. The number of aliphatic hydroxyl groups excluding tert-OH is 1. The quantitative estimate of drug-likeness (QED) is 0.727. The van der Waals surface area contributed by atoms with Gasteiger partial charge in [-0.2, -0.15) is 0 Å². The van der Waals surface area contributed by atoms with E-state index in [0.717, 1.165) is 5.69 Å². The number of hydrogen-bond donors (Lipinski definition) is 3. The van der Waals surface area contributed by atoms with Crippen LogP contribution in [0.4, 0.5) is 11.4 Å². The van der Waals surface area contributed by atoms with Crippen LogP contribution in [0.1, 0.15) is 37.6 Å². The standard InChI is InChI=1S/C16H27N3O2/c1-16(2,3)14(8-9-20)18-13-7-6-11(10-12(13)17)15(21)19(4)5/h6-7,10,14,18,20H,8-9,17H2,1-5H3. The van der Waals surface area contributed by atoms with Crippen LogP contribution in [0, 0.1) is 5.41 Å². The highest BCUT2D eigenvalue weighted by atomic mass is 16.3. The first-order chi connectivity index (χ1) is 9.66. The van der Waals surface area contributed by atoms with Crippen molar-refractivity contribution in [3.63, 3.8) is 0 Å². The van der Waals surface area contributed by atoms with Crippen LogP contribution in [0.25, 0.3) is 0 Å². The van der Waals surface area contributed by atoms with Crippen LogP contribution in [0.15, 0.2) is 18.2 Å². The molecule has 1 aromatic rings. The third-order valence-corrected chi connectivity index (χ3v) is 3.50. The van der Waals surface area contributed by atoms with Gasteiger partial charge in [-0.05, 0) is 30.0 Å². The van der Waals surface area contributed by atoms with Crippen LogP contribution in [-0.2, 0) is 0 Å². The van der Waals surface area contributed by atoms with Crippen molar-refractivity contribution in [2.24, 2.45) is 5.41 Å². The molecule has 1 atom stereocenters. The summed E-state index contributed by atoms with van der Waals surface area (Å²) in [5.41, 5.74) is 7.94. The topological polar surface area (TPSA) is 78.6 Å². The van der Waals surface area contributed by atoms with E-state index >= 15 is 0 Å². The van der Waals surface area contributed by atoms with Gasteiger partial charge in [0.25, 0.3) is 5.91 Å². The van der Waals surface area contributed by atoms with E-state index < -0.39 is 0 Å². The van der Waals surface area contributed by atoms with Gasteiger partial charge in [0, 0.05) is 32.3 Å². The van der Waals surface area contributed by atoms with Gasteiger partial charge in [0.1, 0.15) is 0 Å². The summed E-state index contributed by atoms with van der Waals surface area (Å²) in [6, 6.07) is 5.37. The smallest absolute Gasteiger partial charge is 0.253 e. The summed E-state index contributed by atoms with van der Waals surface area (Å²) in [5, 5.41) is 12.6. The number of aliphatic hydroxyl groups is 1. The highest BCUT2D eigenvalue weighted by molar-refractivity contribution is 5.95. The molecule has 5 nitrogen and oxygen atoms in total. The number of nitrogen functional groups attached to an aromatic ring is 1. The average molecular weight is 293 g/mol. The Balaban J connectivity index is 2.97. The Morgan fingerprint density at radius 2 is 2.00 bits per heavy atom. The number of carbonyl (C=O) groups is 1. The predicted molar refractivity (Wildman–Crippen MR) is 87.4 cm³/mol. The molecule has 0 saturated carbocycles. The Morgan fingerprint density at radius 1 is 1.38 bits per heavy atom. The second kappa shape index (κ2) is 6.80. The van der Waals surface area contributed by atoms with Crippen molar-refractivity contribution in [3.05, 3.63) is 23.8 Å².